The van der Waals surface area contributed by atoms with E-state index in [1.807, 2.05) is 24.3 Å². The molecule has 2 aromatic carbocycles. The number of nitro groups is 1. The van der Waals surface area contributed by atoms with Crippen LogP contribution >= 0.6 is 11.3 Å². The van der Waals surface area contributed by atoms with E-state index in [1.165, 1.54) is 6.07 Å². The van der Waals surface area contributed by atoms with Crippen molar-refractivity contribution in [1.29, 1.82) is 0 Å². The van der Waals surface area contributed by atoms with Gasteiger partial charge < -0.3 is 10.0 Å². The number of thiazole rings is 1. The molecule has 3 aromatic rings. The molecule has 0 aliphatic carbocycles. The molecule has 0 saturated carbocycles. The molecule has 1 amide bonds. The second kappa shape index (κ2) is 6.38. The Morgan fingerprint density at radius 3 is 2.85 bits per heavy atom. The number of phenolic OH excluding ortho intramolecular Hbond substituents is 1. The van der Waals surface area contributed by atoms with Gasteiger partial charge in [-0.2, -0.15) is 0 Å². The minimum Gasteiger partial charge on any atom is -0.502 e. The maximum Gasteiger partial charge on any atom is 0.310 e. The summed E-state index contributed by atoms with van der Waals surface area (Å²) in [7, 11) is 0. The minimum absolute atomic E-state index is 0.114. The van der Waals surface area contributed by atoms with Gasteiger partial charge in [-0.15, -0.1) is 11.3 Å². The number of benzene rings is 2. The van der Waals surface area contributed by atoms with E-state index in [0.717, 1.165) is 40.2 Å². The van der Waals surface area contributed by atoms with Crippen LogP contribution in [0.1, 0.15) is 34.2 Å². The Balaban J connectivity index is 1.64. The predicted molar refractivity (Wildman–Crippen MR) is 97.4 cm³/mol. The van der Waals surface area contributed by atoms with E-state index in [0.29, 0.717) is 6.54 Å². The molecule has 26 heavy (non-hydrogen) atoms. The molecule has 132 valence electrons. The fourth-order valence-corrected chi connectivity index (χ4v) is 4.39. The Kier molecular flexibility index (Phi) is 4.04. The van der Waals surface area contributed by atoms with Crippen molar-refractivity contribution < 1.29 is 14.8 Å². The average molecular weight is 369 g/mol. The quantitative estimate of drug-likeness (QED) is 0.558. The highest BCUT2D eigenvalue weighted by atomic mass is 32.1. The SMILES string of the molecule is O=C(c1ccc([N+](=O)[O-])c(O)c1)N1CCC[C@@H]1c1nc2ccccc2s1. The summed E-state index contributed by atoms with van der Waals surface area (Å²) in [6.45, 7) is 0.594. The average Bonchev–Trinajstić information content (AvgIpc) is 3.26. The van der Waals surface area contributed by atoms with Crippen LogP contribution in [0.5, 0.6) is 5.75 Å². The first kappa shape index (κ1) is 16.5. The van der Waals surface area contributed by atoms with Crippen molar-refractivity contribution in [2.24, 2.45) is 0 Å². The molecule has 1 atom stereocenters. The van der Waals surface area contributed by atoms with Crippen molar-refractivity contribution in [2.45, 2.75) is 18.9 Å². The largest absolute Gasteiger partial charge is 0.502 e. The zero-order chi connectivity index (χ0) is 18.3. The molecule has 0 bridgehead atoms. The van der Waals surface area contributed by atoms with Crippen molar-refractivity contribution in [1.82, 2.24) is 9.88 Å². The van der Waals surface area contributed by atoms with Gasteiger partial charge >= 0.3 is 5.69 Å². The molecule has 1 aromatic heterocycles. The zero-order valence-electron chi connectivity index (χ0n) is 13.7. The highest BCUT2D eigenvalue weighted by molar-refractivity contribution is 7.18. The van der Waals surface area contributed by atoms with Crippen molar-refractivity contribution in [3.63, 3.8) is 0 Å². The zero-order valence-corrected chi connectivity index (χ0v) is 14.5. The molecule has 7 nitrogen and oxygen atoms in total. The lowest BCUT2D eigenvalue weighted by Crippen LogP contribution is -2.30. The summed E-state index contributed by atoms with van der Waals surface area (Å²) < 4.78 is 1.08. The second-order valence-electron chi connectivity index (χ2n) is 6.14. The predicted octanol–water partition coefficient (Wildman–Crippen LogP) is 3.89. The van der Waals surface area contributed by atoms with E-state index >= 15 is 0 Å². The number of amides is 1. The van der Waals surface area contributed by atoms with Crippen LogP contribution in [0.25, 0.3) is 10.2 Å². The van der Waals surface area contributed by atoms with Gasteiger partial charge in [-0.3, -0.25) is 14.9 Å². The first-order chi connectivity index (χ1) is 12.5. The van der Waals surface area contributed by atoms with Crippen LogP contribution in [-0.2, 0) is 0 Å². The molecule has 2 heterocycles. The van der Waals surface area contributed by atoms with Crippen molar-refractivity contribution in [3.05, 3.63) is 63.1 Å². The number of rotatable bonds is 3. The monoisotopic (exact) mass is 369 g/mol. The lowest BCUT2D eigenvalue weighted by atomic mass is 10.1. The topological polar surface area (TPSA) is 96.6 Å². The number of carbonyl (C=O) groups is 1. The van der Waals surface area contributed by atoms with E-state index in [-0.39, 0.29) is 17.5 Å². The van der Waals surface area contributed by atoms with Crippen LogP contribution in [0.3, 0.4) is 0 Å². The number of carbonyl (C=O) groups excluding carboxylic acids is 1. The molecule has 1 fully saturated rings. The molecule has 1 aliphatic rings. The number of aromatic nitrogens is 1. The standard InChI is InChI=1S/C18H15N3O4S/c22-15-10-11(7-8-13(15)21(24)25)18(23)20-9-3-5-14(20)17-19-12-4-1-2-6-16(12)26-17/h1-2,4,6-8,10,14,22H,3,5,9H2/t14-/m1/s1. The fourth-order valence-electron chi connectivity index (χ4n) is 3.28. The Morgan fingerprint density at radius 2 is 2.12 bits per heavy atom. The number of nitro benzene ring substituents is 1. The Morgan fingerprint density at radius 1 is 1.31 bits per heavy atom. The van der Waals surface area contributed by atoms with E-state index in [2.05, 4.69) is 4.98 Å². The summed E-state index contributed by atoms with van der Waals surface area (Å²) in [4.78, 5) is 29.4. The molecule has 1 aliphatic heterocycles. The van der Waals surface area contributed by atoms with Gasteiger partial charge in [-0.1, -0.05) is 12.1 Å². The van der Waals surface area contributed by atoms with Crippen LogP contribution in [0.2, 0.25) is 0 Å². The Hall–Kier alpha value is -3.00. The van der Waals surface area contributed by atoms with Crippen molar-refractivity contribution in [2.75, 3.05) is 6.54 Å². The van der Waals surface area contributed by atoms with Crippen LogP contribution in [0.4, 0.5) is 5.69 Å². The maximum absolute atomic E-state index is 12.9. The van der Waals surface area contributed by atoms with Gasteiger partial charge in [0.2, 0.25) is 0 Å². The molecule has 0 spiro atoms. The number of hydrogen-bond acceptors (Lipinski definition) is 6. The fraction of sp³-hybridized carbons (Fsp3) is 0.222. The van der Waals surface area contributed by atoms with Gasteiger partial charge in [0, 0.05) is 18.2 Å². The minimum atomic E-state index is -0.677. The number of fused-ring (bicyclic) bond motifs is 1. The maximum atomic E-state index is 12.9. The van der Waals surface area contributed by atoms with Gasteiger partial charge in [-0.05, 0) is 37.1 Å². The summed E-state index contributed by atoms with van der Waals surface area (Å²) in [5.74, 6) is -0.756. The Labute approximate surface area is 152 Å². The summed E-state index contributed by atoms with van der Waals surface area (Å²) in [5.41, 5.74) is 0.742. The summed E-state index contributed by atoms with van der Waals surface area (Å²) in [5, 5.41) is 21.5. The molecular formula is C18H15N3O4S. The summed E-state index contributed by atoms with van der Waals surface area (Å²) >= 11 is 1.58. The number of para-hydroxylation sites is 1. The molecular weight excluding hydrogens is 354 g/mol. The lowest BCUT2D eigenvalue weighted by Gasteiger charge is -2.23. The van der Waals surface area contributed by atoms with Gasteiger partial charge in [0.05, 0.1) is 21.2 Å². The van der Waals surface area contributed by atoms with E-state index < -0.39 is 16.4 Å². The van der Waals surface area contributed by atoms with Crippen molar-refractivity contribution >= 4 is 33.1 Å². The normalized spacial score (nSPS) is 16.9. The number of nitrogens with zero attached hydrogens (tertiary/aromatic N) is 3. The van der Waals surface area contributed by atoms with Crippen LogP contribution in [-0.4, -0.2) is 32.4 Å². The van der Waals surface area contributed by atoms with E-state index in [4.69, 9.17) is 0 Å². The van der Waals surface area contributed by atoms with Crippen molar-refractivity contribution in [3.8, 4) is 5.75 Å². The smallest absolute Gasteiger partial charge is 0.310 e. The highest BCUT2D eigenvalue weighted by Crippen LogP contribution is 2.37. The second-order valence-corrected chi connectivity index (χ2v) is 7.20. The van der Waals surface area contributed by atoms with Crippen LogP contribution in [0, 0.1) is 10.1 Å². The molecule has 4 rings (SSSR count). The molecule has 1 N–H and O–H groups in total. The van der Waals surface area contributed by atoms with Gasteiger partial charge in [0.25, 0.3) is 5.91 Å². The third-order valence-corrected chi connectivity index (χ3v) is 5.67. The molecule has 0 unspecified atom stereocenters. The first-order valence-electron chi connectivity index (χ1n) is 8.18. The van der Waals surface area contributed by atoms with E-state index in [1.54, 1.807) is 16.2 Å². The number of phenols is 1. The number of likely N-dealkylation sites (tertiary alicyclic amines) is 1. The summed E-state index contributed by atoms with van der Waals surface area (Å²) in [6.07, 6.45) is 1.69. The Bertz CT molecular complexity index is 984. The highest BCUT2D eigenvalue weighted by Gasteiger charge is 2.33. The molecule has 0 radical (unpaired) electrons. The molecule has 1 saturated heterocycles. The van der Waals surface area contributed by atoms with Gasteiger partial charge in [0.1, 0.15) is 5.01 Å². The third-order valence-electron chi connectivity index (χ3n) is 4.53. The number of hydrogen-bond donors (Lipinski definition) is 1. The van der Waals surface area contributed by atoms with Gasteiger partial charge in [0.15, 0.2) is 5.75 Å². The number of aromatic hydroxyl groups is 1. The molecule has 8 heteroatoms. The van der Waals surface area contributed by atoms with Crippen LogP contribution in [0.15, 0.2) is 42.5 Å². The van der Waals surface area contributed by atoms with E-state index in [9.17, 15) is 20.0 Å². The lowest BCUT2D eigenvalue weighted by molar-refractivity contribution is -0.385. The van der Waals surface area contributed by atoms with Crippen LogP contribution < -0.4 is 0 Å². The van der Waals surface area contributed by atoms with Gasteiger partial charge in [-0.25, -0.2) is 4.98 Å². The summed E-state index contributed by atoms with van der Waals surface area (Å²) in [6, 6.07) is 11.4. The third kappa shape index (κ3) is 2.78. The first-order valence-corrected chi connectivity index (χ1v) is 9.00.